The number of amides is 1. The van der Waals surface area contributed by atoms with Crippen LogP contribution in [-0.2, 0) is 9.71 Å². The van der Waals surface area contributed by atoms with E-state index in [4.69, 9.17) is 4.74 Å². The van der Waals surface area contributed by atoms with Gasteiger partial charge in [0.1, 0.15) is 5.75 Å². The Hall–Kier alpha value is -2.35. The van der Waals surface area contributed by atoms with Crippen LogP contribution in [0.5, 0.6) is 5.75 Å². The summed E-state index contributed by atoms with van der Waals surface area (Å²) in [6.45, 7) is 9.69. The minimum Gasteiger partial charge on any atom is -0.496 e. The van der Waals surface area contributed by atoms with Crippen molar-refractivity contribution in [2.75, 3.05) is 38.6 Å². The summed E-state index contributed by atoms with van der Waals surface area (Å²) in [7, 11) is -0.771. The van der Waals surface area contributed by atoms with Crippen molar-refractivity contribution in [3.63, 3.8) is 0 Å². The lowest BCUT2D eigenvalue weighted by molar-refractivity contribution is 0.102. The molecule has 7 heteroatoms. The standard InChI is InChI=1S/C24H33N3O3S/c1-5-27(6-2)16-15-25-31(29,22-12-13-22)21-10-8-20(9-11-21)26-24(28)19-7-14-23(30-4)18(3)17-19/h7-11,14,17H,5-6,12-13,15-16H2,1-4H3,(H,25,29)(H,26,28). The number of carbonyl (C=O) groups excluding carboxylic acids is 1. The molecule has 168 valence electrons. The fourth-order valence-electron chi connectivity index (χ4n) is 3.53. The van der Waals surface area contributed by atoms with Gasteiger partial charge in [-0.2, -0.15) is 0 Å². The van der Waals surface area contributed by atoms with E-state index in [1.165, 1.54) is 0 Å². The van der Waals surface area contributed by atoms with E-state index in [1.807, 2.05) is 31.2 Å². The quantitative estimate of drug-likeness (QED) is 0.549. The van der Waals surface area contributed by atoms with Crippen LogP contribution in [0.1, 0.15) is 42.6 Å². The number of hydrogen-bond donors (Lipinski definition) is 2. The molecule has 1 atom stereocenters. The van der Waals surface area contributed by atoms with Gasteiger partial charge in [0, 0.05) is 34.1 Å². The molecule has 2 aromatic carbocycles. The Morgan fingerprint density at radius 1 is 1.10 bits per heavy atom. The number of hydrogen-bond acceptors (Lipinski definition) is 4. The Labute approximate surface area is 186 Å². The molecule has 0 bridgehead atoms. The Kier molecular flexibility index (Phi) is 7.75. The zero-order valence-corrected chi connectivity index (χ0v) is 19.7. The van der Waals surface area contributed by atoms with E-state index >= 15 is 0 Å². The van der Waals surface area contributed by atoms with E-state index in [2.05, 4.69) is 28.8 Å². The third kappa shape index (κ3) is 5.67. The molecule has 1 unspecified atom stereocenters. The zero-order chi connectivity index (χ0) is 22.4. The molecule has 0 heterocycles. The summed E-state index contributed by atoms with van der Waals surface area (Å²) in [5, 5.41) is 2.91. The van der Waals surface area contributed by atoms with E-state index in [-0.39, 0.29) is 5.91 Å². The molecule has 1 aliphatic rings. The molecule has 2 aromatic rings. The maximum Gasteiger partial charge on any atom is 0.255 e. The first-order chi connectivity index (χ1) is 14.9. The highest BCUT2D eigenvalue weighted by molar-refractivity contribution is 8.01. The number of anilines is 1. The average molecular weight is 444 g/mol. The van der Waals surface area contributed by atoms with Crippen LogP contribution >= 0.6 is 0 Å². The lowest BCUT2D eigenvalue weighted by Crippen LogP contribution is -2.35. The van der Waals surface area contributed by atoms with Crippen molar-refractivity contribution in [2.45, 2.75) is 38.5 Å². The molecule has 1 amide bonds. The van der Waals surface area contributed by atoms with Crippen LogP contribution in [0.2, 0.25) is 0 Å². The van der Waals surface area contributed by atoms with Gasteiger partial charge in [0.05, 0.1) is 16.8 Å². The fourth-order valence-corrected chi connectivity index (χ4v) is 5.81. The van der Waals surface area contributed by atoms with E-state index in [0.29, 0.717) is 17.8 Å². The van der Waals surface area contributed by atoms with Crippen molar-refractivity contribution in [3.05, 3.63) is 53.6 Å². The van der Waals surface area contributed by atoms with Gasteiger partial charge in [0.15, 0.2) is 0 Å². The van der Waals surface area contributed by atoms with Gasteiger partial charge in [0.2, 0.25) is 0 Å². The third-order valence-electron chi connectivity index (χ3n) is 5.59. The highest BCUT2D eigenvalue weighted by Gasteiger charge is 2.25. The highest BCUT2D eigenvalue weighted by Crippen LogP contribution is 2.25. The summed E-state index contributed by atoms with van der Waals surface area (Å²) in [5.41, 5.74) is 2.15. The average Bonchev–Trinajstić information content (AvgIpc) is 3.63. The van der Waals surface area contributed by atoms with Crippen LogP contribution in [0.15, 0.2) is 47.4 Å². The molecule has 2 N–H and O–H groups in total. The number of nitrogens with zero attached hydrogens (tertiary/aromatic N) is 1. The summed E-state index contributed by atoms with van der Waals surface area (Å²) in [4.78, 5) is 16.8. The van der Waals surface area contributed by atoms with Crippen molar-refractivity contribution in [2.24, 2.45) is 0 Å². The summed E-state index contributed by atoms with van der Waals surface area (Å²) in [5.74, 6) is 0.565. The summed E-state index contributed by atoms with van der Waals surface area (Å²) in [6, 6.07) is 12.7. The molecular formula is C24H33N3O3S. The largest absolute Gasteiger partial charge is 0.496 e. The first kappa shape index (κ1) is 23.3. The number of ether oxygens (including phenoxy) is 1. The topological polar surface area (TPSA) is 70.7 Å². The molecule has 0 radical (unpaired) electrons. The van der Waals surface area contributed by atoms with Crippen LogP contribution in [0.25, 0.3) is 0 Å². The maximum absolute atomic E-state index is 13.7. The van der Waals surface area contributed by atoms with Crippen molar-refractivity contribution in [1.82, 2.24) is 9.62 Å². The van der Waals surface area contributed by atoms with Gasteiger partial charge in [0.25, 0.3) is 5.91 Å². The van der Waals surface area contributed by atoms with E-state index in [9.17, 15) is 9.00 Å². The molecular weight excluding hydrogens is 410 g/mol. The van der Waals surface area contributed by atoms with E-state index in [0.717, 1.165) is 53.5 Å². The molecule has 6 nitrogen and oxygen atoms in total. The molecule has 1 saturated carbocycles. The number of methoxy groups -OCH3 is 1. The second-order valence-electron chi connectivity index (χ2n) is 7.68. The van der Waals surface area contributed by atoms with Gasteiger partial charge < -0.3 is 15.0 Å². The van der Waals surface area contributed by atoms with E-state index < -0.39 is 9.71 Å². The van der Waals surface area contributed by atoms with Gasteiger partial charge in [-0.15, -0.1) is 0 Å². The predicted molar refractivity (Wildman–Crippen MR) is 129 cm³/mol. The second kappa shape index (κ2) is 10.3. The summed E-state index contributed by atoms with van der Waals surface area (Å²) in [6.07, 6.45) is 1.82. The summed E-state index contributed by atoms with van der Waals surface area (Å²) >= 11 is 0. The van der Waals surface area contributed by atoms with Gasteiger partial charge >= 0.3 is 0 Å². The van der Waals surface area contributed by atoms with Crippen LogP contribution in [0.3, 0.4) is 0 Å². The monoisotopic (exact) mass is 443 g/mol. The maximum atomic E-state index is 13.7. The minimum absolute atomic E-state index is 0.187. The molecule has 31 heavy (non-hydrogen) atoms. The second-order valence-corrected chi connectivity index (χ2v) is 10.1. The van der Waals surface area contributed by atoms with Gasteiger partial charge in [-0.3, -0.25) is 4.79 Å². The van der Waals surface area contributed by atoms with Crippen LogP contribution in [-0.4, -0.2) is 53.2 Å². The number of nitrogens with one attached hydrogen (secondary N) is 2. The van der Waals surface area contributed by atoms with Crippen LogP contribution < -0.4 is 14.8 Å². The fraction of sp³-hybridized carbons (Fsp3) is 0.417. The lowest BCUT2D eigenvalue weighted by Gasteiger charge is -2.20. The molecule has 1 fully saturated rings. The SMILES string of the molecule is CCN(CC)CCNS(=O)(=C1CC1)c1ccc(NC(=O)c2ccc(OC)c(C)c2)cc1. The Morgan fingerprint density at radius 3 is 2.32 bits per heavy atom. The predicted octanol–water partition coefficient (Wildman–Crippen LogP) is 3.71. The molecule has 0 saturated heterocycles. The molecule has 1 aliphatic carbocycles. The number of rotatable bonds is 10. The number of likely N-dealkylation sites (N-methyl/N-ethyl adjacent to an activating group) is 1. The van der Waals surface area contributed by atoms with Crippen LogP contribution in [0, 0.1) is 6.92 Å². The number of carbonyl (C=O) groups is 1. The normalized spacial score (nSPS) is 14.9. The highest BCUT2D eigenvalue weighted by atomic mass is 32.2. The zero-order valence-electron chi connectivity index (χ0n) is 18.9. The Morgan fingerprint density at radius 2 is 1.77 bits per heavy atom. The van der Waals surface area contributed by atoms with Gasteiger partial charge in [-0.05, 0) is 80.9 Å². The minimum atomic E-state index is -2.38. The van der Waals surface area contributed by atoms with Gasteiger partial charge in [-0.25, -0.2) is 8.93 Å². The smallest absolute Gasteiger partial charge is 0.255 e. The van der Waals surface area contributed by atoms with E-state index in [1.54, 1.807) is 25.3 Å². The molecule has 3 rings (SSSR count). The van der Waals surface area contributed by atoms with Crippen LogP contribution in [0.4, 0.5) is 5.69 Å². The number of benzene rings is 2. The first-order valence-corrected chi connectivity index (χ1v) is 12.4. The van der Waals surface area contributed by atoms with Crippen molar-refractivity contribution in [3.8, 4) is 5.75 Å². The van der Waals surface area contributed by atoms with Gasteiger partial charge in [-0.1, -0.05) is 13.8 Å². The summed E-state index contributed by atoms with van der Waals surface area (Å²) < 4.78 is 22.3. The first-order valence-electron chi connectivity index (χ1n) is 10.8. The van der Waals surface area contributed by atoms with Crippen molar-refractivity contribution >= 4 is 26.2 Å². The molecule has 0 aliphatic heterocycles. The molecule has 0 spiro atoms. The van der Waals surface area contributed by atoms with Crippen molar-refractivity contribution in [1.29, 1.82) is 0 Å². The Bertz CT molecular complexity index is 1030. The third-order valence-corrected chi connectivity index (χ3v) is 8.36. The molecule has 0 aromatic heterocycles. The lowest BCUT2D eigenvalue weighted by atomic mass is 10.1. The number of aryl methyl sites for hydroxylation is 1. The Balaban J connectivity index is 1.69. The van der Waals surface area contributed by atoms with Crippen molar-refractivity contribution < 1.29 is 13.7 Å².